The van der Waals surface area contributed by atoms with Gasteiger partial charge in [-0.05, 0) is 76.8 Å². The van der Waals surface area contributed by atoms with Gasteiger partial charge in [-0.25, -0.2) is 9.50 Å². The minimum Gasteiger partial charge on any atom is -0.336 e. The Labute approximate surface area is 181 Å². The van der Waals surface area contributed by atoms with Crippen molar-refractivity contribution in [3.63, 3.8) is 0 Å². The van der Waals surface area contributed by atoms with Crippen LogP contribution >= 0.6 is 0 Å². The maximum Gasteiger partial charge on any atom is 0.254 e. The fourth-order valence-electron chi connectivity index (χ4n) is 4.12. The Morgan fingerprint density at radius 3 is 2.68 bits per heavy atom. The molecule has 3 aromatic rings. The Morgan fingerprint density at radius 2 is 1.94 bits per heavy atom. The Kier molecular flexibility index (Phi) is 5.71. The Balaban J connectivity index is 1.45. The maximum absolute atomic E-state index is 12.9. The van der Waals surface area contributed by atoms with Crippen LogP contribution in [-0.4, -0.2) is 48.9 Å². The van der Waals surface area contributed by atoms with Gasteiger partial charge in [0.15, 0.2) is 5.82 Å². The van der Waals surface area contributed by atoms with E-state index in [0.717, 1.165) is 36.3 Å². The van der Waals surface area contributed by atoms with Gasteiger partial charge < -0.3 is 10.2 Å². The van der Waals surface area contributed by atoms with Crippen LogP contribution in [0.15, 0.2) is 24.3 Å². The molecule has 1 saturated heterocycles. The van der Waals surface area contributed by atoms with Gasteiger partial charge in [-0.1, -0.05) is 0 Å². The summed E-state index contributed by atoms with van der Waals surface area (Å²) in [7, 11) is 0. The summed E-state index contributed by atoms with van der Waals surface area (Å²) in [4.78, 5) is 36.1. The molecule has 1 atom stereocenters. The lowest BCUT2D eigenvalue weighted by Crippen LogP contribution is -2.42. The topological polar surface area (TPSA) is 92.5 Å². The predicted molar refractivity (Wildman–Crippen MR) is 118 cm³/mol. The second kappa shape index (κ2) is 8.45. The summed E-state index contributed by atoms with van der Waals surface area (Å²) >= 11 is 0. The number of aromatic nitrogens is 4. The van der Waals surface area contributed by atoms with Gasteiger partial charge in [0.1, 0.15) is 0 Å². The molecule has 0 saturated carbocycles. The molecule has 2 amide bonds. The molecule has 1 fully saturated rings. The molecule has 1 aromatic carbocycles. The van der Waals surface area contributed by atoms with E-state index in [1.54, 1.807) is 16.6 Å². The van der Waals surface area contributed by atoms with E-state index in [2.05, 4.69) is 27.3 Å². The number of nitrogens with one attached hydrogen (secondary N) is 1. The Morgan fingerprint density at radius 1 is 1.13 bits per heavy atom. The van der Waals surface area contributed by atoms with Crippen LogP contribution in [-0.2, 0) is 11.2 Å². The molecule has 8 heteroatoms. The van der Waals surface area contributed by atoms with Crippen LogP contribution in [0.4, 0.5) is 5.69 Å². The summed E-state index contributed by atoms with van der Waals surface area (Å²) in [6.45, 7) is 8.63. The molecule has 1 aliphatic heterocycles. The van der Waals surface area contributed by atoms with E-state index >= 15 is 0 Å². The zero-order valence-corrected chi connectivity index (χ0v) is 18.5. The first-order valence-electron chi connectivity index (χ1n) is 10.7. The van der Waals surface area contributed by atoms with Crippen molar-refractivity contribution >= 4 is 23.3 Å². The Hall–Kier alpha value is -3.29. The van der Waals surface area contributed by atoms with Crippen LogP contribution in [0.25, 0.3) is 5.78 Å². The van der Waals surface area contributed by atoms with Gasteiger partial charge >= 0.3 is 0 Å². The molecular formula is C23H28N6O2. The van der Waals surface area contributed by atoms with E-state index in [1.165, 1.54) is 6.42 Å². The summed E-state index contributed by atoms with van der Waals surface area (Å²) in [5, 5.41) is 7.30. The van der Waals surface area contributed by atoms with Crippen molar-refractivity contribution in [1.82, 2.24) is 24.5 Å². The van der Waals surface area contributed by atoms with Gasteiger partial charge in [-0.2, -0.15) is 4.98 Å². The van der Waals surface area contributed by atoms with E-state index in [-0.39, 0.29) is 24.3 Å². The third kappa shape index (κ3) is 4.42. The highest BCUT2D eigenvalue weighted by molar-refractivity contribution is 5.97. The molecule has 1 unspecified atom stereocenters. The van der Waals surface area contributed by atoms with Gasteiger partial charge in [-0.3, -0.25) is 9.59 Å². The van der Waals surface area contributed by atoms with Gasteiger partial charge in [0.2, 0.25) is 5.91 Å². The molecular weight excluding hydrogens is 392 g/mol. The number of piperidine rings is 1. The first-order chi connectivity index (χ1) is 14.8. The van der Waals surface area contributed by atoms with Gasteiger partial charge in [0, 0.05) is 35.2 Å². The molecule has 1 N–H and O–H groups in total. The van der Waals surface area contributed by atoms with E-state index in [1.807, 2.05) is 37.8 Å². The summed E-state index contributed by atoms with van der Waals surface area (Å²) in [5.74, 6) is 0.755. The highest BCUT2D eigenvalue weighted by atomic mass is 16.2. The number of anilines is 1. The largest absolute Gasteiger partial charge is 0.336 e. The van der Waals surface area contributed by atoms with Gasteiger partial charge in [0.25, 0.3) is 11.7 Å². The van der Waals surface area contributed by atoms with Crippen LogP contribution in [0.5, 0.6) is 0 Å². The van der Waals surface area contributed by atoms with Gasteiger partial charge in [-0.15, -0.1) is 5.10 Å². The first kappa shape index (κ1) is 21.0. The van der Waals surface area contributed by atoms with Crippen molar-refractivity contribution in [3.8, 4) is 0 Å². The van der Waals surface area contributed by atoms with Gasteiger partial charge in [0.05, 0.1) is 6.42 Å². The lowest BCUT2D eigenvalue weighted by atomic mass is 10.0. The van der Waals surface area contributed by atoms with Crippen molar-refractivity contribution in [3.05, 3.63) is 52.6 Å². The zero-order valence-electron chi connectivity index (χ0n) is 18.5. The average Bonchev–Trinajstić information content (AvgIpc) is 3.11. The molecule has 3 heterocycles. The van der Waals surface area contributed by atoms with E-state index < -0.39 is 0 Å². The highest BCUT2D eigenvalue weighted by Gasteiger charge is 2.24. The molecule has 8 nitrogen and oxygen atoms in total. The lowest BCUT2D eigenvalue weighted by Gasteiger charge is -2.33. The van der Waals surface area contributed by atoms with Crippen molar-refractivity contribution in [1.29, 1.82) is 0 Å². The third-order valence-electron chi connectivity index (χ3n) is 5.79. The second-order valence-electron chi connectivity index (χ2n) is 8.38. The van der Waals surface area contributed by atoms with Crippen LogP contribution in [0.3, 0.4) is 0 Å². The molecule has 4 rings (SSSR count). The van der Waals surface area contributed by atoms with E-state index in [0.29, 0.717) is 22.9 Å². The van der Waals surface area contributed by atoms with Crippen LogP contribution < -0.4 is 5.32 Å². The number of rotatable bonds is 4. The second-order valence-corrected chi connectivity index (χ2v) is 8.38. The molecule has 31 heavy (non-hydrogen) atoms. The fourth-order valence-corrected chi connectivity index (χ4v) is 4.12. The number of likely N-dealkylation sites (tertiary alicyclic amines) is 1. The van der Waals surface area contributed by atoms with Crippen molar-refractivity contribution < 1.29 is 9.59 Å². The maximum atomic E-state index is 12.9. The Bertz CT molecular complexity index is 1150. The number of nitrogens with zero attached hydrogens (tertiary/aromatic N) is 5. The zero-order chi connectivity index (χ0) is 22.1. The molecule has 1 aliphatic rings. The van der Waals surface area contributed by atoms with Crippen LogP contribution in [0.2, 0.25) is 0 Å². The van der Waals surface area contributed by atoms with Crippen LogP contribution in [0.1, 0.15) is 59.3 Å². The van der Waals surface area contributed by atoms with Crippen LogP contribution in [0, 0.1) is 20.8 Å². The third-order valence-corrected chi connectivity index (χ3v) is 5.79. The van der Waals surface area contributed by atoms with Crippen molar-refractivity contribution in [2.75, 3.05) is 11.9 Å². The predicted octanol–water partition coefficient (Wildman–Crippen LogP) is 3.25. The molecule has 0 radical (unpaired) electrons. The molecule has 0 bridgehead atoms. The number of aryl methyl sites for hydroxylation is 3. The first-order valence-corrected chi connectivity index (χ1v) is 10.7. The minimum atomic E-state index is -0.211. The average molecular weight is 421 g/mol. The smallest absolute Gasteiger partial charge is 0.254 e. The molecule has 0 aliphatic carbocycles. The highest BCUT2D eigenvalue weighted by Crippen LogP contribution is 2.22. The number of benzene rings is 1. The standard InChI is InChI=1S/C23H28N6O2/c1-14-11-18(22(31)28-10-6-5-7-16(28)3)8-9-19(14)25-21(30)13-20-26-23-24-15(2)12-17(4)29(23)27-20/h8-9,11-12,16H,5-7,10,13H2,1-4H3,(H,25,30). The summed E-state index contributed by atoms with van der Waals surface area (Å²) in [5.41, 5.74) is 3.96. The molecule has 2 aromatic heterocycles. The number of hydrogen-bond donors (Lipinski definition) is 1. The monoisotopic (exact) mass is 420 g/mol. The summed E-state index contributed by atoms with van der Waals surface area (Å²) in [6.07, 6.45) is 3.32. The summed E-state index contributed by atoms with van der Waals surface area (Å²) in [6, 6.07) is 7.61. The lowest BCUT2D eigenvalue weighted by molar-refractivity contribution is -0.115. The number of hydrogen-bond acceptors (Lipinski definition) is 5. The number of amides is 2. The van der Waals surface area contributed by atoms with E-state index in [9.17, 15) is 9.59 Å². The molecule has 162 valence electrons. The number of carbonyl (C=O) groups excluding carboxylic acids is 2. The number of carbonyl (C=O) groups is 2. The van der Waals surface area contributed by atoms with Crippen molar-refractivity contribution in [2.45, 2.75) is 59.4 Å². The fraction of sp³-hybridized carbons (Fsp3) is 0.435. The summed E-state index contributed by atoms with van der Waals surface area (Å²) < 4.78 is 1.64. The SMILES string of the molecule is Cc1cc(C)n2nc(CC(=O)Nc3ccc(C(=O)N4CCCCC4C)cc3C)nc2n1. The normalized spacial score (nSPS) is 16.5. The quantitative estimate of drug-likeness (QED) is 0.699. The minimum absolute atomic E-state index is 0.0489. The van der Waals surface area contributed by atoms with Crippen molar-refractivity contribution in [2.24, 2.45) is 0 Å². The molecule has 0 spiro atoms. The van der Waals surface area contributed by atoms with E-state index in [4.69, 9.17) is 0 Å². The number of fused-ring (bicyclic) bond motifs is 1.